The van der Waals surface area contributed by atoms with E-state index in [9.17, 15) is 0 Å². The molecule has 0 amide bonds. The van der Waals surface area contributed by atoms with Crippen LogP contribution in [0, 0.1) is 0 Å². The van der Waals surface area contributed by atoms with Crippen LogP contribution in [0.4, 0.5) is 0 Å². The highest BCUT2D eigenvalue weighted by molar-refractivity contribution is 6.31. The van der Waals surface area contributed by atoms with Crippen molar-refractivity contribution in [1.29, 1.82) is 0 Å². The fourth-order valence-electron chi connectivity index (χ4n) is 4.45. The Morgan fingerprint density at radius 3 is 2.92 bits per heavy atom. The zero-order valence-corrected chi connectivity index (χ0v) is 16.3. The Labute approximate surface area is 155 Å². The molecule has 0 saturated carbocycles. The lowest BCUT2D eigenvalue weighted by Gasteiger charge is -2.37. The summed E-state index contributed by atoms with van der Waals surface area (Å²) in [4.78, 5) is 5.04. The van der Waals surface area contributed by atoms with Crippen LogP contribution >= 0.6 is 11.6 Å². The predicted octanol–water partition coefficient (Wildman–Crippen LogP) is 2.96. The van der Waals surface area contributed by atoms with Gasteiger partial charge in [0.25, 0.3) is 0 Å². The maximum atomic E-state index is 6.30. The van der Waals surface area contributed by atoms with Gasteiger partial charge in [-0.2, -0.15) is 0 Å². The van der Waals surface area contributed by atoms with Crippen molar-refractivity contribution in [1.82, 2.24) is 19.7 Å². The second-order valence-electron chi connectivity index (χ2n) is 7.88. The molecule has 4 nitrogen and oxygen atoms in total. The standard InChI is InChI=1S/C20H29ClN4/c1-14-12-24(15(2)11-22-14)8-9-25-19-5-4-16(21)10-17(19)18-13-23(3)7-6-20(18)25/h4-5,10,14-15,22H,6-9,11-13H2,1-3H3/t14-,15+/m0/s1. The smallest absolute Gasteiger partial charge is 0.0487 e. The molecule has 1 aromatic carbocycles. The van der Waals surface area contributed by atoms with E-state index in [2.05, 4.69) is 52.7 Å². The van der Waals surface area contributed by atoms with Crippen LogP contribution in [0.25, 0.3) is 10.9 Å². The summed E-state index contributed by atoms with van der Waals surface area (Å²) < 4.78 is 2.56. The minimum atomic E-state index is 0.582. The number of likely N-dealkylation sites (N-methyl/N-ethyl adjacent to an activating group) is 1. The van der Waals surface area contributed by atoms with Gasteiger partial charge >= 0.3 is 0 Å². The van der Waals surface area contributed by atoms with E-state index in [-0.39, 0.29) is 0 Å². The third kappa shape index (κ3) is 3.33. The molecule has 0 aliphatic carbocycles. The Balaban J connectivity index is 1.65. The number of nitrogens with one attached hydrogen (secondary N) is 1. The Kier molecular flexibility index (Phi) is 4.80. The Hall–Kier alpha value is -1.07. The summed E-state index contributed by atoms with van der Waals surface area (Å²) in [6, 6.07) is 7.58. The van der Waals surface area contributed by atoms with Gasteiger partial charge in [-0.3, -0.25) is 4.90 Å². The Morgan fingerprint density at radius 1 is 1.24 bits per heavy atom. The molecule has 0 radical (unpaired) electrons. The van der Waals surface area contributed by atoms with Gasteiger partial charge in [-0.05, 0) is 44.7 Å². The maximum Gasteiger partial charge on any atom is 0.0487 e. The normalized spacial score (nSPS) is 25.4. The zero-order valence-electron chi connectivity index (χ0n) is 15.6. The predicted molar refractivity (Wildman–Crippen MR) is 105 cm³/mol. The van der Waals surface area contributed by atoms with Crippen molar-refractivity contribution in [3.8, 4) is 0 Å². The largest absolute Gasteiger partial charge is 0.343 e. The van der Waals surface area contributed by atoms with Gasteiger partial charge in [0.05, 0.1) is 0 Å². The van der Waals surface area contributed by atoms with Gasteiger partial charge in [-0.1, -0.05) is 11.6 Å². The van der Waals surface area contributed by atoms with Crippen LogP contribution in [0.3, 0.4) is 0 Å². The number of aromatic nitrogens is 1. The zero-order chi connectivity index (χ0) is 17.6. The van der Waals surface area contributed by atoms with E-state index in [0.717, 1.165) is 50.7 Å². The molecule has 5 heteroatoms. The summed E-state index contributed by atoms with van der Waals surface area (Å²) in [5, 5.41) is 5.76. The maximum absolute atomic E-state index is 6.30. The summed E-state index contributed by atoms with van der Waals surface area (Å²) in [5.41, 5.74) is 4.35. The molecule has 4 rings (SSSR count). The van der Waals surface area contributed by atoms with Crippen LogP contribution in [0.2, 0.25) is 5.02 Å². The molecule has 1 N–H and O–H groups in total. The van der Waals surface area contributed by atoms with Crippen LogP contribution < -0.4 is 5.32 Å². The van der Waals surface area contributed by atoms with E-state index in [4.69, 9.17) is 11.6 Å². The number of hydrogen-bond acceptors (Lipinski definition) is 3. The SMILES string of the molecule is C[C@@H]1CN[C@@H](C)CN1CCn1c2c(c3cc(Cl)ccc31)CN(C)CC2. The first-order chi connectivity index (χ1) is 12.0. The van der Waals surface area contributed by atoms with Crippen molar-refractivity contribution < 1.29 is 0 Å². The minimum absolute atomic E-state index is 0.582. The van der Waals surface area contributed by atoms with Crippen LogP contribution in [0.1, 0.15) is 25.1 Å². The van der Waals surface area contributed by atoms with E-state index in [0.29, 0.717) is 12.1 Å². The lowest BCUT2D eigenvalue weighted by molar-refractivity contribution is 0.141. The summed E-state index contributed by atoms with van der Waals surface area (Å²) in [6.07, 6.45) is 1.13. The summed E-state index contributed by atoms with van der Waals surface area (Å²) >= 11 is 6.30. The third-order valence-electron chi connectivity index (χ3n) is 5.91. The van der Waals surface area contributed by atoms with Crippen LogP contribution in [0.5, 0.6) is 0 Å². The lowest BCUT2D eigenvalue weighted by atomic mass is 10.1. The number of hydrogen-bond donors (Lipinski definition) is 1. The molecule has 1 saturated heterocycles. The van der Waals surface area contributed by atoms with E-state index in [1.165, 1.54) is 22.2 Å². The first kappa shape index (κ1) is 17.3. The topological polar surface area (TPSA) is 23.4 Å². The molecule has 1 aromatic heterocycles. The van der Waals surface area contributed by atoms with Crippen molar-refractivity contribution >= 4 is 22.5 Å². The highest BCUT2D eigenvalue weighted by Gasteiger charge is 2.25. The van der Waals surface area contributed by atoms with Crippen molar-refractivity contribution in [2.45, 2.75) is 45.4 Å². The van der Waals surface area contributed by atoms with Gasteiger partial charge in [-0.25, -0.2) is 0 Å². The molecule has 25 heavy (non-hydrogen) atoms. The second kappa shape index (κ2) is 6.92. The van der Waals surface area contributed by atoms with E-state index in [1.807, 2.05) is 6.07 Å². The molecule has 0 unspecified atom stereocenters. The molecular formula is C20H29ClN4. The summed E-state index contributed by atoms with van der Waals surface area (Å²) in [6.45, 7) is 11.2. The quantitative estimate of drug-likeness (QED) is 0.910. The van der Waals surface area contributed by atoms with Gasteiger partial charge < -0.3 is 14.8 Å². The summed E-state index contributed by atoms with van der Waals surface area (Å²) in [5.74, 6) is 0. The monoisotopic (exact) mass is 360 g/mol. The molecular weight excluding hydrogens is 332 g/mol. The molecule has 2 aliphatic heterocycles. The van der Waals surface area contributed by atoms with E-state index >= 15 is 0 Å². The van der Waals surface area contributed by atoms with E-state index in [1.54, 1.807) is 0 Å². The van der Waals surface area contributed by atoms with Crippen LogP contribution in [-0.2, 0) is 19.5 Å². The van der Waals surface area contributed by atoms with Crippen LogP contribution in [0.15, 0.2) is 18.2 Å². The number of nitrogens with zero attached hydrogens (tertiary/aromatic N) is 3. The molecule has 2 aliphatic rings. The number of halogens is 1. The molecule has 1 fully saturated rings. The molecule has 0 bridgehead atoms. The second-order valence-corrected chi connectivity index (χ2v) is 8.32. The average Bonchev–Trinajstić information content (AvgIpc) is 2.88. The van der Waals surface area contributed by atoms with Gasteiger partial charge in [0, 0.05) is 79.4 Å². The Bertz CT molecular complexity index is 769. The molecule has 136 valence electrons. The van der Waals surface area contributed by atoms with Gasteiger partial charge in [-0.15, -0.1) is 0 Å². The highest BCUT2D eigenvalue weighted by Crippen LogP contribution is 2.32. The minimum Gasteiger partial charge on any atom is -0.343 e. The summed E-state index contributed by atoms with van der Waals surface area (Å²) in [7, 11) is 2.21. The highest BCUT2D eigenvalue weighted by atomic mass is 35.5. The number of benzene rings is 1. The van der Waals surface area contributed by atoms with Crippen molar-refractivity contribution in [2.75, 3.05) is 33.2 Å². The van der Waals surface area contributed by atoms with Gasteiger partial charge in [0.1, 0.15) is 0 Å². The first-order valence-electron chi connectivity index (χ1n) is 9.48. The number of fused-ring (bicyclic) bond motifs is 3. The molecule has 2 atom stereocenters. The first-order valence-corrected chi connectivity index (χ1v) is 9.86. The van der Waals surface area contributed by atoms with Gasteiger partial charge in [0.2, 0.25) is 0 Å². The third-order valence-corrected chi connectivity index (χ3v) is 6.15. The molecule has 2 aromatic rings. The van der Waals surface area contributed by atoms with E-state index < -0.39 is 0 Å². The fraction of sp³-hybridized carbons (Fsp3) is 0.600. The average molecular weight is 361 g/mol. The van der Waals surface area contributed by atoms with Crippen molar-refractivity contribution in [2.24, 2.45) is 0 Å². The van der Waals surface area contributed by atoms with Crippen molar-refractivity contribution in [3.63, 3.8) is 0 Å². The van der Waals surface area contributed by atoms with Crippen molar-refractivity contribution in [3.05, 3.63) is 34.5 Å². The molecule has 3 heterocycles. The fourth-order valence-corrected chi connectivity index (χ4v) is 4.62. The number of piperazine rings is 1. The molecule has 0 spiro atoms. The van der Waals surface area contributed by atoms with Crippen LogP contribution in [-0.4, -0.2) is 59.7 Å². The number of rotatable bonds is 3. The Morgan fingerprint density at radius 2 is 2.08 bits per heavy atom. The van der Waals surface area contributed by atoms with Gasteiger partial charge in [0.15, 0.2) is 0 Å². The lowest BCUT2D eigenvalue weighted by Crippen LogP contribution is -2.54.